The molecule has 0 aromatic heterocycles. The Morgan fingerprint density at radius 1 is 1.50 bits per heavy atom. The minimum absolute atomic E-state index is 0.488. The highest BCUT2D eigenvalue weighted by Gasteiger charge is 1.97. The van der Waals surface area contributed by atoms with Crippen molar-refractivity contribution in [2.75, 3.05) is 6.54 Å². The molecule has 0 radical (unpaired) electrons. The highest BCUT2D eigenvalue weighted by Crippen LogP contribution is 2.17. The molecule has 0 bridgehead atoms. The second-order valence-electron chi connectivity index (χ2n) is 2.83. The van der Waals surface area contributed by atoms with E-state index in [1.165, 1.54) is 0 Å². The van der Waals surface area contributed by atoms with Crippen molar-refractivity contribution in [1.82, 2.24) is 0 Å². The molecule has 0 saturated carbocycles. The van der Waals surface area contributed by atoms with Gasteiger partial charge in [0.05, 0.1) is 10.6 Å². The highest BCUT2D eigenvalue weighted by atomic mass is 35.5. The average molecular weight is 207 g/mol. The van der Waals surface area contributed by atoms with E-state index in [0.29, 0.717) is 17.1 Å². The van der Waals surface area contributed by atoms with Crippen molar-refractivity contribution >= 4 is 17.7 Å². The van der Waals surface area contributed by atoms with Gasteiger partial charge in [0, 0.05) is 0 Å². The standard InChI is InChI=1S/C11H11ClN2/c12-11-7-9(3-1-2-6-13)4-5-10(11)8-14/h1,3-5,7H,2,6,13H2. The summed E-state index contributed by atoms with van der Waals surface area (Å²) in [5.74, 6) is 0. The summed E-state index contributed by atoms with van der Waals surface area (Å²) < 4.78 is 0. The quantitative estimate of drug-likeness (QED) is 0.827. The van der Waals surface area contributed by atoms with Crippen LogP contribution in [-0.2, 0) is 0 Å². The summed E-state index contributed by atoms with van der Waals surface area (Å²) in [6, 6.07) is 7.36. The van der Waals surface area contributed by atoms with Crippen molar-refractivity contribution in [2.45, 2.75) is 6.42 Å². The van der Waals surface area contributed by atoms with Gasteiger partial charge < -0.3 is 5.73 Å². The van der Waals surface area contributed by atoms with E-state index >= 15 is 0 Å². The van der Waals surface area contributed by atoms with Gasteiger partial charge in [-0.2, -0.15) is 5.26 Å². The van der Waals surface area contributed by atoms with E-state index in [1.54, 1.807) is 12.1 Å². The molecule has 0 saturated heterocycles. The van der Waals surface area contributed by atoms with Gasteiger partial charge in [0.2, 0.25) is 0 Å². The lowest BCUT2D eigenvalue weighted by Gasteiger charge is -1.96. The minimum atomic E-state index is 0.488. The zero-order valence-corrected chi connectivity index (χ0v) is 8.46. The van der Waals surface area contributed by atoms with Crippen LogP contribution in [0.1, 0.15) is 17.5 Å². The molecule has 3 heteroatoms. The molecule has 0 unspecified atom stereocenters. The summed E-state index contributed by atoms with van der Waals surface area (Å²) in [6.45, 7) is 0.639. The number of nitrogens with zero attached hydrogens (tertiary/aromatic N) is 1. The van der Waals surface area contributed by atoms with Crippen LogP contribution in [-0.4, -0.2) is 6.54 Å². The maximum atomic E-state index is 8.65. The predicted octanol–water partition coefficient (Wildman–Crippen LogP) is 2.57. The minimum Gasteiger partial charge on any atom is -0.330 e. The topological polar surface area (TPSA) is 49.8 Å². The molecule has 1 rings (SSSR count). The molecule has 0 aliphatic rings. The molecule has 0 amide bonds. The maximum absolute atomic E-state index is 8.65. The number of rotatable bonds is 3. The van der Waals surface area contributed by atoms with E-state index in [1.807, 2.05) is 24.3 Å². The molecule has 14 heavy (non-hydrogen) atoms. The number of benzene rings is 1. The van der Waals surface area contributed by atoms with Crippen molar-refractivity contribution in [3.05, 3.63) is 40.4 Å². The first-order chi connectivity index (χ1) is 6.77. The van der Waals surface area contributed by atoms with Crippen molar-refractivity contribution in [3.8, 4) is 6.07 Å². The molecule has 2 N–H and O–H groups in total. The van der Waals surface area contributed by atoms with Crippen molar-refractivity contribution < 1.29 is 0 Å². The smallest absolute Gasteiger partial charge is 0.101 e. The van der Waals surface area contributed by atoms with Crippen LogP contribution in [0.25, 0.3) is 6.08 Å². The molecule has 2 nitrogen and oxygen atoms in total. The van der Waals surface area contributed by atoms with E-state index in [9.17, 15) is 0 Å². The third-order valence-corrected chi connectivity index (χ3v) is 2.07. The third-order valence-electron chi connectivity index (χ3n) is 1.76. The molecule has 0 spiro atoms. The molecule has 1 aromatic carbocycles. The first-order valence-electron chi connectivity index (χ1n) is 4.34. The Labute approximate surface area is 88.6 Å². The lowest BCUT2D eigenvalue weighted by Crippen LogP contribution is -1.94. The van der Waals surface area contributed by atoms with Gasteiger partial charge in [-0.25, -0.2) is 0 Å². The fraction of sp³-hybridized carbons (Fsp3) is 0.182. The number of nitrogens with two attached hydrogens (primary N) is 1. The maximum Gasteiger partial charge on any atom is 0.101 e. The van der Waals surface area contributed by atoms with E-state index < -0.39 is 0 Å². The Bertz CT molecular complexity index is 377. The number of nitriles is 1. The Morgan fingerprint density at radius 3 is 2.86 bits per heavy atom. The normalized spacial score (nSPS) is 10.4. The number of hydrogen-bond donors (Lipinski definition) is 1. The van der Waals surface area contributed by atoms with Gasteiger partial charge in [0.25, 0.3) is 0 Å². The average Bonchev–Trinajstić information content (AvgIpc) is 2.18. The molecular formula is C11H11ClN2. The van der Waals surface area contributed by atoms with Gasteiger partial charge in [-0.15, -0.1) is 0 Å². The van der Waals surface area contributed by atoms with Gasteiger partial charge in [-0.05, 0) is 30.7 Å². The van der Waals surface area contributed by atoms with Crippen molar-refractivity contribution in [3.63, 3.8) is 0 Å². The third kappa shape index (κ3) is 2.88. The SMILES string of the molecule is N#Cc1ccc(C=CCCN)cc1Cl. The Kier molecular flexibility index (Phi) is 4.18. The second kappa shape index (κ2) is 5.43. The zero-order valence-electron chi connectivity index (χ0n) is 7.70. The van der Waals surface area contributed by atoms with Gasteiger partial charge in [-0.1, -0.05) is 29.8 Å². The molecule has 0 aliphatic carbocycles. The first-order valence-corrected chi connectivity index (χ1v) is 4.72. The molecule has 0 atom stereocenters. The van der Waals surface area contributed by atoms with Crippen LogP contribution in [0.5, 0.6) is 0 Å². The van der Waals surface area contributed by atoms with Gasteiger partial charge in [-0.3, -0.25) is 0 Å². The largest absolute Gasteiger partial charge is 0.330 e. The number of halogens is 1. The van der Waals surface area contributed by atoms with Gasteiger partial charge >= 0.3 is 0 Å². The molecule has 0 aliphatic heterocycles. The Morgan fingerprint density at radius 2 is 2.29 bits per heavy atom. The molecule has 0 fully saturated rings. The van der Waals surface area contributed by atoms with E-state index in [0.717, 1.165) is 12.0 Å². The van der Waals surface area contributed by atoms with Crippen molar-refractivity contribution in [2.24, 2.45) is 5.73 Å². The summed E-state index contributed by atoms with van der Waals surface area (Å²) in [6.07, 6.45) is 4.77. The molecular weight excluding hydrogens is 196 g/mol. The van der Waals surface area contributed by atoms with Crippen LogP contribution in [0.2, 0.25) is 5.02 Å². The Hall–Kier alpha value is -1.30. The zero-order chi connectivity index (χ0) is 10.4. The molecule has 72 valence electrons. The summed E-state index contributed by atoms with van der Waals surface area (Å²) >= 11 is 5.86. The van der Waals surface area contributed by atoms with Crippen LogP contribution in [0.15, 0.2) is 24.3 Å². The van der Waals surface area contributed by atoms with E-state index in [-0.39, 0.29) is 0 Å². The van der Waals surface area contributed by atoms with Crippen molar-refractivity contribution in [1.29, 1.82) is 5.26 Å². The second-order valence-corrected chi connectivity index (χ2v) is 3.24. The summed E-state index contributed by atoms with van der Waals surface area (Å²) in [7, 11) is 0. The fourth-order valence-corrected chi connectivity index (χ4v) is 1.27. The summed E-state index contributed by atoms with van der Waals surface area (Å²) in [4.78, 5) is 0. The van der Waals surface area contributed by atoms with Gasteiger partial charge in [0.15, 0.2) is 0 Å². The Balaban J connectivity index is 2.82. The van der Waals surface area contributed by atoms with E-state index in [4.69, 9.17) is 22.6 Å². The lowest BCUT2D eigenvalue weighted by molar-refractivity contribution is 1.01. The number of hydrogen-bond acceptors (Lipinski definition) is 2. The van der Waals surface area contributed by atoms with Crippen LogP contribution in [0.4, 0.5) is 0 Å². The molecule has 0 heterocycles. The van der Waals surface area contributed by atoms with E-state index in [2.05, 4.69) is 0 Å². The van der Waals surface area contributed by atoms with Gasteiger partial charge in [0.1, 0.15) is 6.07 Å². The van der Waals surface area contributed by atoms with Crippen LogP contribution in [0, 0.1) is 11.3 Å². The predicted molar refractivity (Wildman–Crippen MR) is 58.9 cm³/mol. The van der Waals surface area contributed by atoms with Crippen LogP contribution in [0.3, 0.4) is 0 Å². The summed E-state index contributed by atoms with van der Waals surface area (Å²) in [5, 5.41) is 9.14. The summed E-state index contributed by atoms with van der Waals surface area (Å²) in [5.41, 5.74) is 6.84. The fourth-order valence-electron chi connectivity index (χ4n) is 1.04. The molecule has 1 aromatic rings. The first kappa shape index (κ1) is 10.8. The van der Waals surface area contributed by atoms with Crippen LogP contribution < -0.4 is 5.73 Å². The lowest BCUT2D eigenvalue weighted by atomic mass is 10.1. The highest BCUT2D eigenvalue weighted by molar-refractivity contribution is 6.31. The van der Waals surface area contributed by atoms with Crippen LogP contribution >= 0.6 is 11.6 Å². The monoisotopic (exact) mass is 206 g/mol.